The summed E-state index contributed by atoms with van der Waals surface area (Å²) in [5.74, 6) is 1.53. The summed E-state index contributed by atoms with van der Waals surface area (Å²) in [4.78, 5) is 11.7. The second-order valence-electron chi connectivity index (χ2n) is 5.61. The smallest absolute Gasteiger partial charge is 0.223 e. The molecule has 1 aromatic carbocycles. The molecule has 0 aliphatic rings. The molecule has 0 aliphatic carbocycles. The minimum atomic E-state index is -0.239. The molecule has 2 aromatic heterocycles. The molecule has 0 saturated carbocycles. The van der Waals surface area contributed by atoms with Gasteiger partial charge in [0.2, 0.25) is 5.89 Å². The molecule has 0 amide bonds. The van der Waals surface area contributed by atoms with Gasteiger partial charge < -0.3 is 20.1 Å². The SMILES string of the molecule is CCNC(=NCc1noc(C)n1)NCCc1c[nH]c2cc(F)ccc12. The Morgan fingerprint density at radius 2 is 2.24 bits per heavy atom. The van der Waals surface area contributed by atoms with Gasteiger partial charge in [-0.15, -0.1) is 0 Å². The summed E-state index contributed by atoms with van der Waals surface area (Å²) >= 11 is 0. The van der Waals surface area contributed by atoms with Crippen molar-refractivity contribution in [1.82, 2.24) is 25.8 Å². The second kappa shape index (κ2) is 7.78. The van der Waals surface area contributed by atoms with Crippen LogP contribution in [0, 0.1) is 12.7 Å². The quantitative estimate of drug-likeness (QED) is 0.471. The summed E-state index contributed by atoms with van der Waals surface area (Å²) in [5, 5.41) is 11.3. The third-order valence-corrected chi connectivity index (χ3v) is 3.71. The van der Waals surface area contributed by atoms with E-state index in [1.807, 2.05) is 13.1 Å². The molecule has 0 fully saturated rings. The van der Waals surface area contributed by atoms with Gasteiger partial charge in [-0.3, -0.25) is 0 Å². The first-order valence-electron chi connectivity index (χ1n) is 8.22. The van der Waals surface area contributed by atoms with Gasteiger partial charge in [0, 0.05) is 37.1 Å². The van der Waals surface area contributed by atoms with Crippen LogP contribution in [-0.4, -0.2) is 34.2 Å². The molecule has 0 atom stereocenters. The summed E-state index contributed by atoms with van der Waals surface area (Å²) < 4.78 is 18.2. The molecule has 3 aromatic rings. The highest BCUT2D eigenvalue weighted by Crippen LogP contribution is 2.19. The highest BCUT2D eigenvalue weighted by molar-refractivity contribution is 5.83. The van der Waals surface area contributed by atoms with Gasteiger partial charge in [-0.05, 0) is 37.1 Å². The number of halogens is 1. The van der Waals surface area contributed by atoms with E-state index >= 15 is 0 Å². The fourth-order valence-electron chi connectivity index (χ4n) is 2.58. The Kier molecular flexibility index (Phi) is 5.27. The van der Waals surface area contributed by atoms with Crippen molar-refractivity contribution in [2.75, 3.05) is 13.1 Å². The summed E-state index contributed by atoms with van der Waals surface area (Å²) in [6.07, 6.45) is 2.70. The van der Waals surface area contributed by atoms with Gasteiger partial charge in [0.05, 0.1) is 0 Å². The zero-order valence-corrected chi connectivity index (χ0v) is 14.3. The third-order valence-electron chi connectivity index (χ3n) is 3.71. The Bertz CT molecular complexity index is 869. The molecule has 0 bridgehead atoms. The van der Waals surface area contributed by atoms with Crippen LogP contribution in [0.2, 0.25) is 0 Å². The maximum Gasteiger partial charge on any atom is 0.223 e. The van der Waals surface area contributed by atoms with E-state index in [2.05, 4.69) is 30.8 Å². The van der Waals surface area contributed by atoms with Crippen molar-refractivity contribution in [2.45, 2.75) is 26.8 Å². The zero-order valence-electron chi connectivity index (χ0n) is 14.3. The van der Waals surface area contributed by atoms with Gasteiger partial charge in [-0.2, -0.15) is 4.98 Å². The molecule has 0 saturated heterocycles. The Hall–Kier alpha value is -2.90. The Labute approximate surface area is 144 Å². The number of aromatic amines is 1. The normalized spacial score (nSPS) is 11.9. The third kappa shape index (κ3) is 4.34. The maximum atomic E-state index is 13.2. The standard InChI is InChI=1S/C17H21FN6O/c1-3-19-17(22-10-16-23-11(2)25-24-16)20-7-6-12-9-21-15-8-13(18)4-5-14(12)15/h4-5,8-9,21H,3,6-7,10H2,1-2H3,(H2,19,20,22). The molecule has 7 nitrogen and oxygen atoms in total. The zero-order chi connectivity index (χ0) is 17.6. The van der Waals surface area contributed by atoms with Crippen molar-refractivity contribution in [2.24, 2.45) is 4.99 Å². The molecule has 132 valence electrons. The van der Waals surface area contributed by atoms with Crippen molar-refractivity contribution in [3.05, 3.63) is 47.5 Å². The van der Waals surface area contributed by atoms with Gasteiger partial charge >= 0.3 is 0 Å². The molecule has 8 heteroatoms. The number of hydrogen-bond donors (Lipinski definition) is 3. The van der Waals surface area contributed by atoms with Gasteiger partial charge in [0.15, 0.2) is 11.8 Å². The number of aryl methyl sites for hydroxylation is 1. The number of aliphatic imine (C=N–C) groups is 1. The summed E-state index contributed by atoms with van der Waals surface area (Å²) in [5.41, 5.74) is 1.94. The first-order chi connectivity index (χ1) is 12.2. The minimum absolute atomic E-state index is 0.239. The van der Waals surface area contributed by atoms with Gasteiger partial charge in [0.25, 0.3) is 0 Å². The number of benzene rings is 1. The molecular formula is C17H21FN6O. The van der Waals surface area contributed by atoms with E-state index in [1.165, 1.54) is 12.1 Å². The fraction of sp³-hybridized carbons (Fsp3) is 0.353. The van der Waals surface area contributed by atoms with E-state index in [1.54, 1.807) is 13.0 Å². The molecule has 0 aliphatic heterocycles. The van der Waals surface area contributed by atoms with E-state index in [0.29, 0.717) is 30.8 Å². The van der Waals surface area contributed by atoms with Gasteiger partial charge in [0.1, 0.15) is 12.4 Å². The van der Waals surface area contributed by atoms with Crippen LogP contribution < -0.4 is 10.6 Å². The van der Waals surface area contributed by atoms with E-state index in [-0.39, 0.29) is 5.82 Å². The van der Waals surface area contributed by atoms with Crippen LogP contribution in [0.15, 0.2) is 33.9 Å². The topological polar surface area (TPSA) is 91.1 Å². The first kappa shape index (κ1) is 16.9. The molecular weight excluding hydrogens is 323 g/mol. The van der Waals surface area contributed by atoms with Gasteiger partial charge in [-0.1, -0.05) is 5.16 Å². The summed E-state index contributed by atoms with van der Waals surface area (Å²) in [6, 6.07) is 4.78. The van der Waals surface area contributed by atoms with Crippen LogP contribution in [0.5, 0.6) is 0 Å². The van der Waals surface area contributed by atoms with E-state index in [9.17, 15) is 4.39 Å². The molecule has 2 heterocycles. The number of nitrogens with zero attached hydrogens (tertiary/aromatic N) is 3. The lowest BCUT2D eigenvalue weighted by atomic mass is 10.1. The minimum Gasteiger partial charge on any atom is -0.361 e. The lowest BCUT2D eigenvalue weighted by Crippen LogP contribution is -2.38. The average Bonchev–Trinajstić information content (AvgIpc) is 3.18. The molecule has 0 unspecified atom stereocenters. The number of fused-ring (bicyclic) bond motifs is 1. The van der Waals surface area contributed by atoms with Crippen LogP contribution in [0.3, 0.4) is 0 Å². The van der Waals surface area contributed by atoms with E-state index < -0.39 is 0 Å². The Morgan fingerprint density at radius 3 is 3.00 bits per heavy atom. The predicted molar refractivity (Wildman–Crippen MR) is 93.8 cm³/mol. The fourth-order valence-corrected chi connectivity index (χ4v) is 2.58. The number of H-pyrrole nitrogens is 1. The van der Waals surface area contributed by atoms with Gasteiger partial charge in [-0.25, -0.2) is 9.38 Å². The van der Waals surface area contributed by atoms with E-state index in [4.69, 9.17) is 4.52 Å². The second-order valence-corrected chi connectivity index (χ2v) is 5.61. The van der Waals surface area contributed by atoms with Crippen LogP contribution in [-0.2, 0) is 13.0 Å². The van der Waals surface area contributed by atoms with Crippen molar-refractivity contribution >= 4 is 16.9 Å². The van der Waals surface area contributed by atoms with Crippen LogP contribution in [0.4, 0.5) is 4.39 Å². The molecule has 0 spiro atoms. The van der Waals surface area contributed by atoms with Crippen molar-refractivity contribution in [3.8, 4) is 0 Å². The summed E-state index contributed by atoms with van der Waals surface area (Å²) in [7, 11) is 0. The largest absolute Gasteiger partial charge is 0.361 e. The monoisotopic (exact) mass is 344 g/mol. The average molecular weight is 344 g/mol. The molecule has 25 heavy (non-hydrogen) atoms. The molecule has 3 N–H and O–H groups in total. The first-order valence-corrected chi connectivity index (χ1v) is 8.22. The highest BCUT2D eigenvalue weighted by atomic mass is 19.1. The van der Waals surface area contributed by atoms with Crippen LogP contribution >= 0.6 is 0 Å². The number of rotatable bonds is 6. The lowest BCUT2D eigenvalue weighted by molar-refractivity contribution is 0.387. The highest BCUT2D eigenvalue weighted by Gasteiger charge is 2.06. The maximum absolute atomic E-state index is 13.2. The van der Waals surface area contributed by atoms with Crippen molar-refractivity contribution < 1.29 is 8.91 Å². The van der Waals surface area contributed by atoms with Crippen molar-refractivity contribution in [1.29, 1.82) is 0 Å². The summed E-state index contributed by atoms with van der Waals surface area (Å²) in [6.45, 7) is 5.55. The number of aromatic nitrogens is 3. The predicted octanol–water partition coefficient (Wildman–Crippen LogP) is 2.30. The Morgan fingerprint density at radius 1 is 1.36 bits per heavy atom. The number of guanidine groups is 1. The van der Waals surface area contributed by atoms with Crippen molar-refractivity contribution in [3.63, 3.8) is 0 Å². The number of hydrogen-bond acceptors (Lipinski definition) is 4. The molecule has 3 rings (SSSR count). The molecule has 0 radical (unpaired) electrons. The van der Waals surface area contributed by atoms with E-state index in [0.717, 1.165) is 29.4 Å². The Balaban J connectivity index is 1.59. The van der Waals surface area contributed by atoms with Crippen LogP contribution in [0.25, 0.3) is 10.9 Å². The van der Waals surface area contributed by atoms with Crippen LogP contribution in [0.1, 0.15) is 24.2 Å². The lowest BCUT2D eigenvalue weighted by Gasteiger charge is -2.10. The number of nitrogens with one attached hydrogen (secondary N) is 3.